The van der Waals surface area contributed by atoms with Crippen molar-refractivity contribution in [1.82, 2.24) is 19.9 Å². The van der Waals surface area contributed by atoms with Gasteiger partial charge >= 0.3 is 17.1 Å². The van der Waals surface area contributed by atoms with Gasteiger partial charge < -0.3 is 9.97 Å². The van der Waals surface area contributed by atoms with E-state index in [0.717, 1.165) is 44.8 Å². The van der Waals surface area contributed by atoms with Gasteiger partial charge in [0.1, 0.15) is 0 Å². The second kappa shape index (κ2) is 6.20. The Morgan fingerprint density at radius 3 is 1.04 bits per heavy atom. The Hall–Kier alpha value is -2.88. The van der Waals surface area contributed by atoms with E-state index in [1.54, 1.807) is 0 Å². The third-order valence-corrected chi connectivity index (χ3v) is 4.04. The normalized spacial score (nSPS) is 12.2. The van der Waals surface area contributed by atoms with Crippen molar-refractivity contribution < 1.29 is 17.1 Å². The van der Waals surface area contributed by atoms with Crippen molar-refractivity contribution in [3.8, 4) is 0 Å². The van der Waals surface area contributed by atoms with Gasteiger partial charge in [-0.3, -0.25) is 0 Å². The molecule has 123 valence electrons. The first-order valence-electron chi connectivity index (χ1n) is 7.85. The standard InChI is InChI=1S/C20H14N4.Cu/c1-2-14-10-16-5-6-18(23-16)12-20-8-7-19(24-20)11-17-4-3-15(22-17)9-13(1)21-14;/h1-12,21,24H;/q;+2. The number of rotatable bonds is 0. The minimum Gasteiger partial charge on any atom is -0.355 e. The van der Waals surface area contributed by atoms with Crippen LogP contribution >= 0.6 is 0 Å². The van der Waals surface area contributed by atoms with Crippen molar-refractivity contribution in [3.05, 3.63) is 71.3 Å². The zero-order chi connectivity index (χ0) is 15.9. The summed E-state index contributed by atoms with van der Waals surface area (Å²) in [7, 11) is 0. The zero-order valence-corrected chi connectivity index (χ0v) is 14.1. The Labute approximate surface area is 154 Å². The molecule has 25 heavy (non-hydrogen) atoms. The van der Waals surface area contributed by atoms with Gasteiger partial charge in [-0.2, -0.15) is 0 Å². The van der Waals surface area contributed by atoms with E-state index < -0.39 is 0 Å². The third kappa shape index (κ3) is 3.20. The van der Waals surface area contributed by atoms with Crippen molar-refractivity contribution in [3.63, 3.8) is 0 Å². The smallest absolute Gasteiger partial charge is 0.355 e. The molecule has 3 aromatic heterocycles. The van der Waals surface area contributed by atoms with Crippen LogP contribution in [0.3, 0.4) is 0 Å². The molecule has 0 aliphatic carbocycles. The summed E-state index contributed by atoms with van der Waals surface area (Å²) in [5.41, 5.74) is 7.86. The molecule has 4 nitrogen and oxygen atoms in total. The van der Waals surface area contributed by atoms with Gasteiger partial charge in [0.2, 0.25) is 0 Å². The zero-order valence-electron chi connectivity index (χ0n) is 13.1. The van der Waals surface area contributed by atoms with Gasteiger partial charge in [-0.05, 0) is 72.8 Å². The topological polar surface area (TPSA) is 57.4 Å². The van der Waals surface area contributed by atoms with Crippen LogP contribution in [-0.4, -0.2) is 19.9 Å². The van der Waals surface area contributed by atoms with Crippen LogP contribution in [0.15, 0.2) is 48.5 Å². The second-order valence-electron chi connectivity index (χ2n) is 5.91. The fourth-order valence-electron chi connectivity index (χ4n) is 2.94. The van der Waals surface area contributed by atoms with Crippen LogP contribution in [0.4, 0.5) is 0 Å². The predicted molar refractivity (Wildman–Crippen MR) is 98.9 cm³/mol. The first-order valence-corrected chi connectivity index (χ1v) is 7.85. The summed E-state index contributed by atoms with van der Waals surface area (Å²) in [5, 5.41) is 0. The number of H-pyrrole nitrogens is 2. The first-order chi connectivity index (χ1) is 11.8. The summed E-state index contributed by atoms with van der Waals surface area (Å²) in [6.45, 7) is 0. The van der Waals surface area contributed by atoms with E-state index in [2.05, 4.69) is 44.2 Å². The van der Waals surface area contributed by atoms with E-state index in [9.17, 15) is 0 Å². The largest absolute Gasteiger partial charge is 2.00 e. The average Bonchev–Trinajstić information content (AvgIpc) is 3.32. The number of hydrogen-bond acceptors (Lipinski definition) is 2. The van der Waals surface area contributed by atoms with Crippen molar-refractivity contribution in [2.24, 2.45) is 0 Å². The maximum Gasteiger partial charge on any atom is 2.00 e. The molecular weight excluding hydrogens is 360 g/mol. The van der Waals surface area contributed by atoms with Crippen LogP contribution in [0.5, 0.6) is 0 Å². The number of aromatic amines is 2. The van der Waals surface area contributed by atoms with E-state index >= 15 is 0 Å². The SMILES string of the molecule is C1=Cc2cc3ccc(cc4nc(cc5ccc(cc1n2)[nH]5)C=C4)[nH]3.[Cu+2]. The molecule has 2 aliphatic heterocycles. The van der Waals surface area contributed by atoms with E-state index in [0.29, 0.717) is 0 Å². The van der Waals surface area contributed by atoms with E-state index in [1.807, 2.05) is 48.6 Å². The maximum absolute atomic E-state index is 4.63. The first kappa shape index (κ1) is 15.6. The summed E-state index contributed by atoms with van der Waals surface area (Å²) in [4.78, 5) is 16.0. The molecule has 0 aromatic carbocycles. The molecule has 0 saturated heterocycles. The van der Waals surface area contributed by atoms with E-state index in [-0.39, 0.29) is 17.1 Å². The van der Waals surface area contributed by atoms with Gasteiger partial charge in [0, 0.05) is 22.1 Å². The van der Waals surface area contributed by atoms with Crippen molar-refractivity contribution in [1.29, 1.82) is 0 Å². The van der Waals surface area contributed by atoms with Crippen molar-refractivity contribution >= 4 is 46.4 Å². The summed E-state index contributed by atoms with van der Waals surface area (Å²) < 4.78 is 0. The van der Waals surface area contributed by atoms with E-state index in [1.165, 1.54) is 0 Å². The third-order valence-electron chi connectivity index (χ3n) is 4.04. The Morgan fingerprint density at radius 1 is 0.480 bits per heavy atom. The van der Waals surface area contributed by atoms with E-state index in [4.69, 9.17) is 0 Å². The van der Waals surface area contributed by atoms with Crippen molar-refractivity contribution in [2.75, 3.05) is 0 Å². The molecule has 0 spiro atoms. The molecule has 5 heterocycles. The number of nitrogens with zero attached hydrogens (tertiary/aromatic N) is 2. The molecule has 1 radical (unpaired) electrons. The Morgan fingerprint density at radius 2 is 0.760 bits per heavy atom. The second-order valence-corrected chi connectivity index (χ2v) is 5.91. The van der Waals surface area contributed by atoms with Gasteiger partial charge in [0.05, 0.1) is 22.8 Å². The monoisotopic (exact) mass is 373 g/mol. The van der Waals surface area contributed by atoms with Gasteiger partial charge in [0.25, 0.3) is 0 Å². The molecule has 2 aliphatic rings. The number of fused-ring (bicyclic) bond motifs is 8. The van der Waals surface area contributed by atoms with Crippen LogP contribution in [0.1, 0.15) is 22.8 Å². The minimum atomic E-state index is 0. The molecule has 5 rings (SSSR count). The summed E-state index contributed by atoms with van der Waals surface area (Å²) in [6, 6.07) is 16.4. The maximum atomic E-state index is 4.63. The summed E-state index contributed by atoms with van der Waals surface area (Å²) in [5.74, 6) is 0. The van der Waals surface area contributed by atoms with Crippen LogP contribution < -0.4 is 0 Å². The fraction of sp³-hybridized carbons (Fsp3) is 0. The average molecular weight is 374 g/mol. The molecule has 0 saturated carbocycles. The molecule has 0 amide bonds. The number of aromatic nitrogens is 4. The van der Waals surface area contributed by atoms with Crippen LogP contribution in [0.25, 0.3) is 46.4 Å². The molecular formula is C20H14CuN4+2. The fourth-order valence-corrected chi connectivity index (χ4v) is 2.94. The van der Waals surface area contributed by atoms with Crippen LogP contribution in [0, 0.1) is 0 Å². The van der Waals surface area contributed by atoms with Gasteiger partial charge in [-0.1, -0.05) is 0 Å². The molecule has 5 heteroatoms. The van der Waals surface area contributed by atoms with Gasteiger partial charge in [-0.25, -0.2) is 9.97 Å². The Kier molecular flexibility index (Phi) is 3.88. The molecule has 3 aromatic rings. The molecule has 0 fully saturated rings. The summed E-state index contributed by atoms with van der Waals surface area (Å²) >= 11 is 0. The van der Waals surface area contributed by atoms with Crippen LogP contribution in [-0.2, 0) is 17.1 Å². The predicted octanol–water partition coefficient (Wildman–Crippen LogP) is 4.65. The molecule has 8 bridgehead atoms. The Balaban J connectivity index is 0.00000157. The van der Waals surface area contributed by atoms with Crippen molar-refractivity contribution in [2.45, 2.75) is 0 Å². The Bertz CT molecular complexity index is 990. The molecule has 2 N–H and O–H groups in total. The minimum absolute atomic E-state index is 0. The number of hydrogen-bond donors (Lipinski definition) is 2. The molecule has 0 atom stereocenters. The van der Waals surface area contributed by atoms with Gasteiger partial charge in [0.15, 0.2) is 0 Å². The molecule has 0 unspecified atom stereocenters. The quantitative estimate of drug-likeness (QED) is 0.388. The summed E-state index contributed by atoms with van der Waals surface area (Å²) in [6.07, 6.45) is 8.09. The number of nitrogens with one attached hydrogen (secondary N) is 2. The van der Waals surface area contributed by atoms with Crippen LogP contribution in [0.2, 0.25) is 0 Å². The van der Waals surface area contributed by atoms with Gasteiger partial charge in [-0.15, -0.1) is 0 Å².